The maximum absolute atomic E-state index is 12.5. The Bertz CT molecular complexity index is 575. The van der Waals surface area contributed by atoms with Gasteiger partial charge in [0.25, 0.3) is 0 Å². The topological polar surface area (TPSA) is 64.1 Å². The third-order valence-corrected chi connectivity index (χ3v) is 3.33. The van der Waals surface area contributed by atoms with Crippen molar-refractivity contribution in [1.29, 1.82) is 0 Å². The Kier molecular flexibility index (Phi) is 5.00. The van der Waals surface area contributed by atoms with Crippen LogP contribution in [-0.4, -0.2) is 29.6 Å². The van der Waals surface area contributed by atoms with Gasteiger partial charge in [0.15, 0.2) is 5.54 Å². The third-order valence-electron chi connectivity index (χ3n) is 3.33. The summed E-state index contributed by atoms with van der Waals surface area (Å²) in [5.74, 6) is -0.350. The largest absolute Gasteiger partial charge is 0.464 e. The summed E-state index contributed by atoms with van der Waals surface area (Å²) in [5, 5.41) is 3.09. The number of esters is 1. The van der Waals surface area contributed by atoms with E-state index in [4.69, 9.17) is 4.74 Å². The fourth-order valence-electron chi connectivity index (χ4n) is 2.23. The average Bonchev–Trinajstić information content (AvgIpc) is 2.54. The van der Waals surface area contributed by atoms with E-state index in [9.17, 15) is 4.79 Å². The predicted molar refractivity (Wildman–Crippen MR) is 79.5 cm³/mol. The van der Waals surface area contributed by atoms with Crippen LogP contribution in [0.4, 0.5) is 0 Å². The number of hydrogen-bond donors (Lipinski definition) is 1. The first kappa shape index (κ1) is 15.1. The molecule has 0 fully saturated rings. The maximum Gasteiger partial charge on any atom is 0.333 e. The number of aromatic nitrogens is 2. The summed E-state index contributed by atoms with van der Waals surface area (Å²) >= 11 is 0. The molecule has 1 unspecified atom stereocenters. The van der Waals surface area contributed by atoms with Gasteiger partial charge in [-0.05, 0) is 38.2 Å². The molecule has 0 bridgehead atoms. The summed E-state index contributed by atoms with van der Waals surface area (Å²) in [4.78, 5) is 21.2. The van der Waals surface area contributed by atoms with Gasteiger partial charge in [0.05, 0.1) is 12.3 Å². The molecule has 21 heavy (non-hydrogen) atoms. The second kappa shape index (κ2) is 6.95. The molecule has 5 heteroatoms. The molecule has 0 saturated heterocycles. The van der Waals surface area contributed by atoms with Crippen molar-refractivity contribution in [3.8, 4) is 0 Å². The van der Waals surface area contributed by atoms with Gasteiger partial charge in [-0.2, -0.15) is 0 Å². The number of likely N-dealkylation sites (N-methyl/N-ethyl adjacent to an activating group) is 1. The first-order valence-electron chi connectivity index (χ1n) is 6.90. The Hall–Kier alpha value is -2.27. The van der Waals surface area contributed by atoms with Gasteiger partial charge in [0, 0.05) is 24.5 Å². The van der Waals surface area contributed by atoms with Crippen molar-refractivity contribution in [2.45, 2.75) is 18.9 Å². The van der Waals surface area contributed by atoms with Crippen LogP contribution in [0.1, 0.15) is 18.3 Å². The Morgan fingerprint density at radius 1 is 1.19 bits per heavy atom. The molecule has 0 aliphatic carbocycles. The number of hydrogen-bond acceptors (Lipinski definition) is 5. The fraction of sp³-hybridized carbons (Fsp3) is 0.312. The molecule has 110 valence electrons. The molecule has 2 heterocycles. The van der Waals surface area contributed by atoms with Crippen molar-refractivity contribution < 1.29 is 9.53 Å². The number of rotatable bonds is 6. The van der Waals surface area contributed by atoms with Gasteiger partial charge in [0.1, 0.15) is 0 Å². The second-order valence-electron chi connectivity index (χ2n) is 4.59. The van der Waals surface area contributed by atoms with E-state index in [2.05, 4.69) is 15.3 Å². The quantitative estimate of drug-likeness (QED) is 0.818. The SMILES string of the molecule is CCOC(=O)C(Cc1ccccn1)(NC)c1ccccn1. The van der Waals surface area contributed by atoms with Crippen LogP contribution in [-0.2, 0) is 21.5 Å². The predicted octanol–water partition coefficient (Wildman–Crippen LogP) is 1.70. The number of carbonyl (C=O) groups excluding carboxylic acids is 1. The molecule has 0 spiro atoms. The number of nitrogens with zero attached hydrogens (tertiary/aromatic N) is 2. The lowest BCUT2D eigenvalue weighted by molar-refractivity contribution is -0.151. The van der Waals surface area contributed by atoms with Crippen LogP contribution in [0.3, 0.4) is 0 Å². The second-order valence-corrected chi connectivity index (χ2v) is 4.59. The van der Waals surface area contributed by atoms with E-state index < -0.39 is 5.54 Å². The van der Waals surface area contributed by atoms with E-state index >= 15 is 0 Å². The molecule has 0 aliphatic heterocycles. The molecule has 2 rings (SSSR count). The summed E-state index contributed by atoms with van der Waals surface area (Å²) in [6.07, 6.45) is 3.75. The van der Waals surface area contributed by atoms with Crippen LogP contribution in [0.15, 0.2) is 48.8 Å². The van der Waals surface area contributed by atoms with Crippen molar-refractivity contribution >= 4 is 5.97 Å². The molecule has 0 amide bonds. The summed E-state index contributed by atoms with van der Waals surface area (Å²) in [6.45, 7) is 2.11. The summed E-state index contributed by atoms with van der Waals surface area (Å²) in [6, 6.07) is 11.1. The molecular weight excluding hydrogens is 266 g/mol. The number of carbonyl (C=O) groups is 1. The Labute approximate surface area is 124 Å². The van der Waals surface area contributed by atoms with Gasteiger partial charge in [-0.15, -0.1) is 0 Å². The van der Waals surface area contributed by atoms with Gasteiger partial charge in [0.2, 0.25) is 0 Å². The normalized spacial score (nSPS) is 13.4. The molecule has 2 aromatic heterocycles. The minimum absolute atomic E-state index is 0.317. The van der Waals surface area contributed by atoms with Gasteiger partial charge in [-0.1, -0.05) is 12.1 Å². The van der Waals surface area contributed by atoms with E-state index in [1.54, 1.807) is 26.4 Å². The highest BCUT2D eigenvalue weighted by Crippen LogP contribution is 2.25. The van der Waals surface area contributed by atoms with E-state index in [0.717, 1.165) is 5.69 Å². The van der Waals surface area contributed by atoms with Crippen LogP contribution in [0.5, 0.6) is 0 Å². The van der Waals surface area contributed by atoms with Crippen LogP contribution < -0.4 is 5.32 Å². The molecule has 5 nitrogen and oxygen atoms in total. The van der Waals surface area contributed by atoms with Crippen LogP contribution >= 0.6 is 0 Å². The number of ether oxygens (including phenoxy) is 1. The minimum Gasteiger partial charge on any atom is -0.464 e. The highest BCUT2D eigenvalue weighted by atomic mass is 16.5. The van der Waals surface area contributed by atoms with Gasteiger partial charge in [-0.3, -0.25) is 15.3 Å². The van der Waals surface area contributed by atoms with E-state index in [1.165, 1.54) is 0 Å². The van der Waals surface area contributed by atoms with Crippen molar-refractivity contribution in [2.75, 3.05) is 13.7 Å². The van der Waals surface area contributed by atoms with E-state index in [1.807, 2.05) is 36.4 Å². The highest BCUT2D eigenvalue weighted by Gasteiger charge is 2.42. The molecule has 0 saturated carbocycles. The minimum atomic E-state index is -1.04. The molecule has 2 aromatic rings. The van der Waals surface area contributed by atoms with Crippen molar-refractivity contribution in [3.05, 3.63) is 60.2 Å². The Morgan fingerprint density at radius 2 is 1.90 bits per heavy atom. The summed E-state index contributed by atoms with van der Waals surface area (Å²) in [5.41, 5.74) is 0.383. The van der Waals surface area contributed by atoms with Gasteiger partial charge >= 0.3 is 5.97 Å². The number of nitrogens with one attached hydrogen (secondary N) is 1. The van der Waals surface area contributed by atoms with Gasteiger partial charge < -0.3 is 4.74 Å². The van der Waals surface area contributed by atoms with Crippen molar-refractivity contribution in [2.24, 2.45) is 0 Å². The first-order valence-corrected chi connectivity index (χ1v) is 6.90. The summed E-state index contributed by atoms with van der Waals surface area (Å²) in [7, 11) is 1.73. The van der Waals surface area contributed by atoms with Crippen LogP contribution in [0, 0.1) is 0 Å². The average molecular weight is 285 g/mol. The zero-order valence-electron chi connectivity index (χ0n) is 12.2. The van der Waals surface area contributed by atoms with E-state index in [0.29, 0.717) is 18.7 Å². The highest BCUT2D eigenvalue weighted by molar-refractivity contribution is 5.82. The van der Waals surface area contributed by atoms with Gasteiger partial charge in [-0.25, -0.2) is 4.79 Å². The zero-order chi connectivity index (χ0) is 15.1. The van der Waals surface area contributed by atoms with E-state index in [-0.39, 0.29) is 5.97 Å². The first-order chi connectivity index (χ1) is 10.2. The molecule has 0 radical (unpaired) electrons. The molecule has 1 N–H and O–H groups in total. The van der Waals surface area contributed by atoms with Crippen LogP contribution in [0.2, 0.25) is 0 Å². The number of pyridine rings is 2. The molecule has 1 atom stereocenters. The lowest BCUT2D eigenvalue weighted by Crippen LogP contribution is -2.51. The maximum atomic E-state index is 12.5. The Morgan fingerprint density at radius 3 is 2.43 bits per heavy atom. The van der Waals surface area contributed by atoms with Crippen LogP contribution in [0.25, 0.3) is 0 Å². The lowest BCUT2D eigenvalue weighted by atomic mass is 9.88. The zero-order valence-corrected chi connectivity index (χ0v) is 12.2. The fourth-order valence-corrected chi connectivity index (χ4v) is 2.23. The monoisotopic (exact) mass is 285 g/mol. The third kappa shape index (κ3) is 3.25. The molecular formula is C16H19N3O2. The Balaban J connectivity index is 2.44. The lowest BCUT2D eigenvalue weighted by Gasteiger charge is -2.30. The molecule has 0 aliphatic rings. The standard InChI is InChI=1S/C16H19N3O2/c1-3-21-15(20)16(17-2,14-9-5-7-11-19-14)12-13-8-4-6-10-18-13/h4-11,17H,3,12H2,1-2H3. The van der Waals surface area contributed by atoms with Crippen molar-refractivity contribution in [1.82, 2.24) is 15.3 Å². The smallest absolute Gasteiger partial charge is 0.333 e. The van der Waals surface area contributed by atoms with Crippen molar-refractivity contribution in [3.63, 3.8) is 0 Å². The molecule has 0 aromatic carbocycles. The summed E-state index contributed by atoms with van der Waals surface area (Å²) < 4.78 is 5.26.